The average molecular weight is 365 g/mol. The number of aryl methyl sites for hydroxylation is 2. The maximum absolute atomic E-state index is 12.5. The Labute approximate surface area is 147 Å². The highest BCUT2D eigenvalue weighted by molar-refractivity contribution is 7.92. The van der Waals surface area contributed by atoms with Crippen LogP contribution >= 0.6 is 0 Å². The Morgan fingerprint density at radius 1 is 1.28 bits per heavy atom. The first kappa shape index (κ1) is 19.0. The highest BCUT2D eigenvalue weighted by Crippen LogP contribution is 2.14. The Morgan fingerprint density at radius 2 is 1.96 bits per heavy atom. The molecule has 1 amide bonds. The van der Waals surface area contributed by atoms with Crippen LogP contribution in [-0.4, -0.2) is 39.8 Å². The SMILES string of the molecule is CCCCn1nnnc1CS(=O)(=O)[C@@H](C)C(=O)Nc1ccc(C)cc1. The predicted molar refractivity (Wildman–Crippen MR) is 94.6 cm³/mol. The number of unbranched alkanes of at least 4 members (excludes halogenated alkanes) is 1. The molecule has 1 atom stereocenters. The van der Waals surface area contributed by atoms with Gasteiger partial charge in [-0.3, -0.25) is 4.79 Å². The van der Waals surface area contributed by atoms with E-state index in [1.807, 2.05) is 26.0 Å². The van der Waals surface area contributed by atoms with Gasteiger partial charge in [0.05, 0.1) is 0 Å². The maximum atomic E-state index is 12.5. The molecule has 0 bridgehead atoms. The molecule has 9 heteroatoms. The minimum absolute atomic E-state index is 0.253. The second kappa shape index (κ2) is 8.19. The summed E-state index contributed by atoms with van der Waals surface area (Å²) in [5.41, 5.74) is 1.61. The van der Waals surface area contributed by atoms with Crippen molar-refractivity contribution in [1.82, 2.24) is 20.2 Å². The van der Waals surface area contributed by atoms with Crippen LogP contribution in [0.4, 0.5) is 5.69 Å². The summed E-state index contributed by atoms with van der Waals surface area (Å²) in [5.74, 6) is -0.688. The molecule has 2 rings (SSSR count). The molecule has 0 saturated heterocycles. The van der Waals surface area contributed by atoms with Crippen molar-refractivity contribution in [3.63, 3.8) is 0 Å². The van der Waals surface area contributed by atoms with Crippen molar-refractivity contribution in [3.8, 4) is 0 Å². The number of rotatable bonds is 8. The summed E-state index contributed by atoms with van der Waals surface area (Å²) in [6, 6.07) is 7.16. The minimum atomic E-state index is -3.73. The van der Waals surface area contributed by atoms with Crippen LogP contribution in [-0.2, 0) is 26.9 Å². The first-order valence-corrected chi connectivity index (χ1v) is 9.89. The van der Waals surface area contributed by atoms with Crippen molar-refractivity contribution in [1.29, 1.82) is 0 Å². The van der Waals surface area contributed by atoms with Crippen LogP contribution in [0.1, 0.15) is 38.1 Å². The molecule has 25 heavy (non-hydrogen) atoms. The van der Waals surface area contributed by atoms with Crippen LogP contribution < -0.4 is 5.32 Å². The lowest BCUT2D eigenvalue weighted by Gasteiger charge is -2.13. The number of carbonyl (C=O) groups excluding carboxylic acids is 1. The van der Waals surface area contributed by atoms with Gasteiger partial charge in [-0.2, -0.15) is 0 Å². The lowest BCUT2D eigenvalue weighted by Crippen LogP contribution is -2.34. The van der Waals surface area contributed by atoms with Crippen LogP contribution in [0.5, 0.6) is 0 Å². The molecule has 0 aliphatic heterocycles. The van der Waals surface area contributed by atoms with Gasteiger partial charge in [0.15, 0.2) is 15.7 Å². The van der Waals surface area contributed by atoms with Crippen LogP contribution in [0.2, 0.25) is 0 Å². The summed E-state index contributed by atoms with van der Waals surface area (Å²) in [6.07, 6.45) is 1.79. The zero-order valence-corrected chi connectivity index (χ0v) is 15.5. The van der Waals surface area contributed by atoms with E-state index in [1.165, 1.54) is 11.6 Å². The topological polar surface area (TPSA) is 107 Å². The van der Waals surface area contributed by atoms with Gasteiger partial charge in [-0.05, 0) is 42.8 Å². The molecule has 1 aromatic heterocycles. The quantitative estimate of drug-likeness (QED) is 0.763. The summed E-state index contributed by atoms with van der Waals surface area (Å²) < 4.78 is 26.6. The molecule has 0 radical (unpaired) electrons. The number of nitrogens with one attached hydrogen (secondary N) is 1. The Kier molecular flexibility index (Phi) is 6.24. The number of sulfone groups is 1. The summed E-state index contributed by atoms with van der Waals surface area (Å²) in [4.78, 5) is 12.3. The molecule has 0 aliphatic carbocycles. The van der Waals surface area contributed by atoms with E-state index in [1.54, 1.807) is 12.1 Å². The van der Waals surface area contributed by atoms with E-state index in [0.29, 0.717) is 12.2 Å². The lowest BCUT2D eigenvalue weighted by molar-refractivity contribution is -0.115. The fourth-order valence-electron chi connectivity index (χ4n) is 2.16. The van der Waals surface area contributed by atoms with E-state index in [4.69, 9.17) is 0 Å². The van der Waals surface area contributed by atoms with E-state index >= 15 is 0 Å². The zero-order chi connectivity index (χ0) is 18.4. The molecule has 8 nitrogen and oxygen atoms in total. The molecule has 0 saturated carbocycles. The summed E-state index contributed by atoms with van der Waals surface area (Å²) in [6.45, 7) is 5.89. The normalized spacial score (nSPS) is 12.8. The second-order valence-electron chi connectivity index (χ2n) is 5.98. The van der Waals surface area contributed by atoms with E-state index in [-0.39, 0.29) is 11.6 Å². The average Bonchev–Trinajstić information content (AvgIpc) is 3.00. The molecule has 0 spiro atoms. The van der Waals surface area contributed by atoms with Gasteiger partial charge in [-0.15, -0.1) is 5.10 Å². The lowest BCUT2D eigenvalue weighted by atomic mass is 10.2. The van der Waals surface area contributed by atoms with Gasteiger partial charge in [-0.1, -0.05) is 31.0 Å². The smallest absolute Gasteiger partial charge is 0.242 e. The molecule has 2 aromatic rings. The number of hydrogen-bond donors (Lipinski definition) is 1. The Balaban J connectivity index is 2.06. The number of benzene rings is 1. The van der Waals surface area contributed by atoms with Crippen LogP contribution in [0.3, 0.4) is 0 Å². The van der Waals surface area contributed by atoms with Crippen LogP contribution in [0.25, 0.3) is 0 Å². The number of anilines is 1. The molecule has 1 aromatic carbocycles. The number of tetrazole rings is 1. The second-order valence-corrected chi connectivity index (χ2v) is 8.30. The van der Waals surface area contributed by atoms with Crippen molar-refractivity contribution in [2.75, 3.05) is 5.32 Å². The van der Waals surface area contributed by atoms with Crippen molar-refractivity contribution < 1.29 is 13.2 Å². The molecule has 0 fully saturated rings. The standard InChI is InChI=1S/C16H23N5O3S/c1-4-5-10-21-15(18-19-20-21)11-25(23,24)13(3)16(22)17-14-8-6-12(2)7-9-14/h6-9,13H,4-5,10-11H2,1-3H3,(H,17,22)/t13-/m0/s1. The predicted octanol–water partition coefficient (Wildman–Crippen LogP) is 1.72. The van der Waals surface area contributed by atoms with Crippen LogP contribution in [0.15, 0.2) is 24.3 Å². The fraction of sp³-hybridized carbons (Fsp3) is 0.500. The van der Waals surface area contributed by atoms with Gasteiger partial charge >= 0.3 is 0 Å². The molecular formula is C16H23N5O3S. The minimum Gasteiger partial charge on any atom is -0.325 e. The number of amides is 1. The summed E-state index contributed by atoms with van der Waals surface area (Å²) >= 11 is 0. The van der Waals surface area contributed by atoms with Crippen LogP contribution in [0, 0.1) is 6.92 Å². The Hall–Kier alpha value is -2.29. The molecule has 0 aliphatic rings. The van der Waals surface area contributed by atoms with Gasteiger partial charge in [0.1, 0.15) is 11.0 Å². The molecule has 1 N–H and O–H groups in total. The number of hydrogen-bond acceptors (Lipinski definition) is 6. The van der Waals surface area contributed by atoms with Gasteiger partial charge in [0, 0.05) is 12.2 Å². The monoisotopic (exact) mass is 365 g/mol. The van der Waals surface area contributed by atoms with Gasteiger partial charge in [0.2, 0.25) is 5.91 Å². The Bertz CT molecular complexity index is 815. The first-order valence-electron chi connectivity index (χ1n) is 8.17. The van der Waals surface area contributed by atoms with Gasteiger partial charge in [0.25, 0.3) is 0 Å². The third-order valence-corrected chi connectivity index (χ3v) is 5.84. The molecule has 136 valence electrons. The summed E-state index contributed by atoms with van der Waals surface area (Å²) in [5, 5.41) is 12.6. The molecule has 1 heterocycles. The Morgan fingerprint density at radius 3 is 2.60 bits per heavy atom. The van der Waals surface area contributed by atoms with Gasteiger partial charge in [-0.25, -0.2) is 13.1 Å². The third kappa shape index (κ3) is 5.09. The highest BCUT2D eigenvalue weighted by Gasteiger charge is 2.30. The highest BCUT2D eigenvalue weighted by atomic mass is 32.2. The number of carbonyl (C=O) groups is 1. The van der Waals surface area contributed by atoms with E-state index < -0.39 is 21.0 Å². The molecule has 0 unspecified atom stereocenters. The van der Waals surface area contributed by atoms with Crippen molar-refractivity contribution in [2.45, 2.75) is 51.2 Å². The van der Waals surface area contributed by atoms with E-state index in [9.17, 15) is 13.2 Å². The zero-order valence-electron chi connectivity index (χ0n) is 14.6. The fourth-order valence-corrected chi connectivity index (χ4v) is 3.36. The maximum Gasteiger partial charge on any atom is 0.242 e. The largest absolute Gasteiger partial charge is 0.325 e. The number of aromatic nitrogens is 4. The van der Waals surface area contributed by atoms with E-state index in [0.717, 1.165) is 18.4 Å². The van der Waals surface area contributed by atoms with Crippen molar-refractivity contribution in [3.05, 3.63) is 35.7 Å². The van der Waals surface area contributed by atoms with E-state index in [2.05, 4.69) is 20.8 Å². The van der Waals surface area contributed by atoms with Crippen molar-refractivity contribution in [2.24, 2.45) is 0 Å². The molecular weight excluding hydrogens is 342 g/mol. The summed E-state index contributed by atoms with van der Waals surface area (Å²) in [7, 11) is -3.73. The van der Waals surface area contributed by atoms with Gasteiger partial charge < -0.3 is 5.32 Å². The van der Waals surface area contributed by atoms with Crippen molar-refractivity contribution >= 4 is 21.4 Å². The third-order valence-electron chi connectivity index (χ3n) is 3.89. The number of nitrogens with zero attached hydrogens (tertiary/aromatic N) is 4. The first-order chi connectivity index (χ1) is 11.8.